The molecule has 1 aromatic carbocycles. The molecule has 3 aromatic rings. The van der Waals surface area contributed by atoms with Gasteiger partial charge < -0.3 is 15.0 Å². The van der Waals surface area contributed by atoms with E-state index in [2.05, 4.69) is 32.2 Å². The summed E-state index contributed by atoms with van der Waals surface area (Å²) in [6.45, 7) is 1.97. The molecule has 6 nitrogen and oxygen atoms in total. The van der Waals surface area contributed by atoms with Crippen molar-refractivity contribution < 1.29 is 17.9 Å². The summed E-state index contributed by atoms with van der Waals surface area (Å²) < 4.78 is 45.6. The van der Waals surface area contributed by atoms with Crippen LogP contribution in [0.25, 0.3) is 16.8 Å². The van der Waals surface area contributed by atoms with Crippen molar-refractivity contribution in [1.82, 2.24) is 19.5 Å². The molecule has 1 atom stereocenters. The summed E-state index contributed by atoms with van der Waals surface area (Å²) in [6.07, 6.45) is 1.17. The van der Waals surface area contributed by atoms with Crippen molar-refractivity contribution >= 4 is 11.5 Å². The van der Waals surface area contributed by atoms with Crippen molar-refractivity contribution in [2.45, 2.75) is 44.0 Å². The van der Waals surface area contributed by atoms with Gasteiger partial charge >= 0.3 is 6.36 Å². The molecule has 2 aromatic heterocycles. The number of nitrogens with one attached hydrogen (secondary N) is 1. The molecule has 3 heterocycles. The molecule has 9 heteroatoms. The number of nitrogens with zero attached hydrogens (tertiary/aromatic N) is 4. The Morgan fingerprint density at radius 3 is 2.71 bits per heavy atom. The summed E-state index contributed by atoms with van der Waals surface area (Å²) >= 11 is 0. The maximum Gasteiger partial charge on any atom is 0.573 e. The number of benzene rings is 1. The van der Waals surface area contributed by atoms with Crippen LogP contribution in [0.2, 0.25) is 0 Å². The average Bonchev–Trinajstić information content (AvgIpc) is 3.44. The zero-order valence-corrected chi connectivity index (χ0v) is 17.2. The Morgan fingerprint density at radius 2 is 1.97 bits per heavy atom. The van der Waals surface area contributed by atoms with E-state index in [9.17, 15) is 13.2 Å². The first-order valence-corrected chi connectivity index (χ1v) is 10.6. The number of piperidine rings is 1. The Labute approximate surface area is 178 Å². The van der Waals surface area contributed by atoms with Gasteiger partial charge in [-0.15, -0.1) is 23.4 Å². The first-order chi connectivity index (χ1) is 14.9. The zero-order chi connectivity index (χ0) is 21.6. The molecule has 2 aliphatic rings. The summed E-state index contributed by atoms with van der Waals surface area (Å²) in [5, 5.41) is 12.1. The van der Waals surface area contributed by atoms with Crippen molar-refractivity contribution in [2.24, 2.45) is 0 Å². The summed E-state index contributed by atoms with van der Waals surface area (Å²) in [5.74, 6) is 0.657. The van der Waals surface area contributed by atoms with Gasteiger partial charge in [0.05, 0.1) is 5.52 Å². The fraction of sp³-hybridized carbons (Fsp3) is 0.455. The van der Waals surface area contributed by atoms with E-state index in [4.69, 9.17) is 0 Å². The minimum atomic E-state index is -4.78. The number of hydrogen-bond acceptors (Lipinski definition) is 5. The topological polar surface area (TPSA) is 54.7 Å². The third kappa shape index (κ3) is 4.32. The van der Waals surface area contributed by atoms with Gasteiger partial charge in [0.1, 0.15) is 11.4 Å². The smallest absolute Gasteiger partial charge is 0.405 e. The quantitative estimate of drug-likeness (QED) is 0.636. The van der Waals surface area contributed by atoms with E-state index in [1.807, 2.05) is 28.8 Å². The standard InChI is InChI=1S/C22H24F3N5O/c1-29-10-2-4-16(13-29)26-21-28-27-20(18-5-3-11-30(18)21)17-9-8-15(14-6-7-14)12-19(17)31-22(23,24)25/h3,5,8-9,11-12,14,16H,2,4,6-7,10,13H2,1H3,(H,26,28)/t16-/m1/s1. The third-order valence-corrected chi connectivity index (χ3v) is 5.96. The lowest BCUT2D eigenvalue weighted by molar-refractivity contribution is -0.274. The largest absolute Gasteiger partial charge is 0.573 e. The number of likely N-dealkylation sites (tertiary alicyclic amines) is 1. The Kier molecular flexibility index (Phi) is 5.00. The predicted octanol–water partition coefficient (Wildman–Crippen LogP) is 4.68. The lowest BCUT2D eigenvalue weighted by Gasteiger charge is -2.30. The van der Waals surface area contributed by atoms with Crippen molar-refractivity contribution in [3.8, 4) is 17.0 Å². The number of hydrogen-bond donors (Lipinski definition) is 1. The number of alkyl halides is 3. The maximum atomic E-state index is 13.1. The van der Waals surface area contributed by atoms with Crippen LogP contribution in [0.15, 0.2) is 36.5 Å². The first kappa shape index (κ1) is 20.1. The molecule has 5 rings (SSSR count). The maximum absolute atomic E-state index is 13.1. The van der Waals surface area contributed by atoms with E-state index in [-0.39, 0.29) is 17.4 Å². The summed E-state index contributed by atoms with van der Waals surface area (Å²) in [4.78, 5) is 2.26. The van der Waals surface area contributed by atoms with E-state index >= 15 is 0 Å². The van der Waals surface area contributed by atoms with E-state index < -0.39 is 6.36 Å². The van der Waals surface area contributed by atoms with Crippen LogP contribution in [0, 0.1) is 0 Å². The van der Waals surface area contributed by atoms with Crippen LogP contribution in [-0.4, -0.2) is 52.0 Å². The normalized spacial score (nSPS) is 20.2. The Hall–Kier alpha value is -2.81. The average molecular weight is 431 g/mol. The highest BCUT2D eigenvalue weighted by Gasteiger charge is 2.34. The number of rotatable bonds is 5. The molecule has 1 aliphatic heterocycles. The molecule has 0 unspecified atom stereocenters. The van der Waals surface area contributed by atoms with Gasteiger partial charge in [0.2, 0.25) is 5.95 Å². The molecule has 31 heavy (non-hydrogen) atoms. The monoisotopic (exact) mass is 431 g/mol. The summed E-state index contributed by atoms with van der Waals surface area (Å²) in [6, 6.07) is 8.92. The van der Waals surface area contributed by atoms with Crippen LogP contribution in [-0.2, 0) is 0 Å². The molecule has 2 fully saturated rings. The van der Waals surface area contributed by atoms with Crippen molar-refractivity contribution in [2.75, 3.05) is 25.5 Å². The Bertz CT molecular complexity index is 1090. The molecular weight excluding hydrogens is 407 g/mol. The zero-order valence-electron chi connectivity index (χ0n) is 17.2. The number of anilines is 1. The molecule has 0 radical (unpaired) electrons. The fourth-order valence-electron chi connectivity index (χ4n) is 4.33. The van der Waals surface area contributed by atoms with E-state index in [1.165, 1.54) is 6.07 Å². The van der Waals surface area contributed by atoms with Crippen molar-refractivity contribution in [3.05, 3.63) is 42.1 Å². The number of halogens is 3. The Balaban J connectivity index is 1.53. The second kappa shape index (κ2) is 7.71. The minimum Gasteiger partial charge on any atom is -0.405 e. The van der Waals surface area contributed by atoms with E-state index in [0.29, 0.717) is 23.1 Å². The lowest BCUT2D eigenvalue weighted by atomic mass is 10.0. The molecule has 0 spiro atoms. The molecule has 1 N–H and O–H groups in total. The van der Waals surface area contributed by atoms with Crippen molar-refractivity contribution in [1.29, 1.82) is 0 Å². The van der Waals surface area contributed by atoms with Crippen LogP contribution >= 0.6 is 0 Å². The van der Waals surface area contributed by atoms with E-state index in [1.54, 1.807) is 6.07 Å². The molecular formula is C22H24F3N5O. The number of aromatic nitrogens is 3. The van der Waals surface area contributed by atoms with Gasteiger partial charge in [0.15, 0.2) is 0 Å². The summed E-state index contributed by atoms with van der Waals surface area (Å²) in [5.41, 5.74) is 2.18. The highest BCUT2D eigenvalue weighted by molar-refractivity contribution is 5.81. The third-order valence-electron chi connectivity index (χ3n) is 5.96. The van der Waals surface area contributed by atoms with Crippen LogP contribution in [0.3, 0.4) is 0 Å². The van der Waals surface area contributed by atoms with Crippen LogP contribution in [0.1, 0.15) is 37.2 Å². The van der Waals surface area contributed by atoms with Gasteiger partial charge in [0, 0.05) is 24.3 Å². The minimum absolute atomic E-state index is 0.232. The van der Waals surface area contributed by atoms with Gasteiger partial charge in [-0.25, -0.2) is 0 Å². The molecule has 0 bridgehead atoms. The van der Waals surface area contributed by atoms with Crippen LogP contribution in [0.5, 0.6) is 5.75 Å². The van der Waals surface area contributed by atoms with E-state index in [0.717, 1.165) is 44.3 Å². The summed E-state index contributed by atoms with van der Waals surface area (Å²) in [7, 11) is 2.08. The first-order valence-electron chi connectivity index (χ1n) is 10.6. The fourth-order valence-corrected chi connectivity index (χ4v) is 4.33. The second-order valence-electron chi connectivity index (χ2n) is 8.46. The molecule has 1 aliphatic carbocycles. The highest BCUT2D eigenvalue weighted by Crippen LogP contribution is 2.44. The molecule has 0 amide bonds. The van der Waals surface area contributed by atoms with Crippen LogP contribution in [0.4, 0.5) is 19.1 Å². The molecule has 1 saturated carbocycles. The predicted molar refractivity (Wildman–Crippen MR) is 111 cm³/mol. The second-order valence-corrected chi connectivity index (χ2v) is 8.46. The number of likely N-dealkylation sites (N-methyl/N-ethyl adjacent to an activating group) is 1. The van der Waals surface area contributed by atoms with Gasteiger partial charge in [-0.05, 0) is 75.0 Å². The van der Waals surface area contributed by atoms with Crippen molar-refractivity contribution in [3.63, 3.8) is 0 Å². The molecule has 1 saturated heterocycles. The molecule has 164 valence electrons. The van der Waals surface area contributed by atoms with Gasteiger partial charge in [-0.1, -0.05) is 6.07 Å². The number of fused-ring (bicyclic) bond motifs is 1. The SMILES string of the molecule is CN1CCC[C@@H](Nc2nnc(-c3ccc(C4CC4)cc3OC(F)(F)F)c3cccn23)C1. The lowest BCUT2D eigenvalue weighted by Crippen LogP contribution is -2.40. The van der Waals surface area contributed by atoms with Gasteiger partial charge in [-0.3, -0.25) is 4.40 Å². The van der Waals surface area contributed by atoms with Gasteiger partial charge in [-0.2, -0.15) is 0 Å². The highest BCUT2D eigenvalue weighted by atomic mass is 19.4. The van der Waals surface area contributed by atoms with Gasteiger partial charge in [0.25, 0.3) is 0 Å². The Morgan fingerprint density at radius 1 is 1.13 bits per heavy atom. The number of ether oxygens (including phenoxy) is 1. The van der Waals surface area contributed by atoms with Crippen LogP contribution < -0.4 is 10.1 Å².